The minimum absolute atomic E-state index is 0.0465. The van der Waals surface area contributed by atoms with Crippen LogP contribution in [0.25, 0.3) is 4.96 Å². The van der Waals surface area contributed by atoms with Crippen LogP contribution in [0.5, 0.6) is 0 Å². The number of fused-ring (bicyclic) bond motifs is 1. The predicted octanol–water partition coefficient (Wildman–Crippen LogP) is -0.0153. The first-order valence-electron chi connectivity index (χ1n) is 6.16. The standard InChI is InChI=1S/C12H13N3O4S/c16-8-4-9(11(18)19)15(6-8)10(17)3-7-5-14-1-2-20-12(14)13-7/h1-2,5,8-9,16H,3-4,6H2,(H,18,19)/t8-,9-/m0/s1. The molecule has 7 nitrogen and oxygen atoms in total. The maximum Gasteiger partial charge on any atom is 0.326 e. The van der Waals surface area contributed by atoms with E-state index in [2.05, 4.69) is 4.98 Å². The highest BCUT2D eigenvalue weighted by molar-refractivity contribution is 7.15. The van der Waals surface area contributed by atoms with Gasteiger partial charge in [-0.25, -0.2) is 9.78 Å². The van der Waals surface area contributed by atoms with Gasteiger partial charge in [0.05, 0.1) is 18.2 Å². The predicted molar refractivity (Wildman–Crippen MR) is 70.5 cm³/mol. The molecule has 1 saturated heterocycles. The van der Waals surface area contributed by atoms with Crippen molar-refractivity contribution in [1.82, 2.24) is 14.3 Å². The van der Waals surface area contributed by atoms with Crippen molar-refractivity contribution in [2.45, 2.75) is 25.0 Å². The summed E-state index contributed by atoms with van der Waals surface area (Å²) in [5, 5.41) is 20.5. The molecule has 1 fully saturated rings. The summed E-state index contributed by atoms with van der Waals surface area (Å²) in [6.07, 6.45) is 2.96. The fraction of sp³-hybridized carbons (Fsp3) is 0.417. The number of β-amino-alcohol motifs (C(OH)–C–C–N with tert-alkyl or cyclic N) is 1. The summed E-state index contributed by atoms with van der Waals surface area (Å²) in [4.78, 5) is 29.6. The van der Waals surface area contributed by atoms with E-state index in [0.29, 0.717) is 5.69 Å². The molecule has 3 rings (SSSR count). The molecular weight excluding hydrogens is 282 g/mol. The van der Waals surface area contributed by atoms with Crippen LogP contribution in [0.3, 0.4) is 0 Å². The van der Waals surface area contributed by atoms with Crippen molar-refractivity contribution in [1.29, 1.82) is 0 Å². The van der Waals surface area contributed by atoms with E-state index in [4.69, 9.17) is 5.11 Å². The zero-order chi connectivity index (χ0) is 14.3. The van der Waals surface area contributed by atoms with E-state index in [9.17, 15) is 14.7 Å². The Morgan fingerprint density at radius 2 is 2.30 bits per heavy atom. The summed E-state index contributed by atoms with van der Waals surface area (Å²) in [5.74, 6) is -1.40. The van der Waals surface area contributed by atoms with E-state index in [1.165, 1.54) is 16.2 Å². The topological polar surface area (TPSA) is 95.1 Å². The minimum atomic E-state index is -1.08. The summed E-state index contributed by atoms with van der Waals surface area (Å²) >= 11 is 1.47. The van der Waals surface area contributed by atoms with Crippen molar-refractivity contribution in [3.8, 4) is 0 Å². The van der Waals surface area contributed by atoms with Crippen LogP contribution in [0.15, 0.2) is 17.8 Å². The number of amides is 1. The maximum absolute atomic E-state index is 12.2. The molecule has 106 valence electrons. The molecule has 0 aliphatic carbocycles. The zero-order valence-corrected chi connectivity index (χ0v) is 11.3. The van der Waals surface area contributed by atoms with Gasteiger partial charge in [0, 0.05) is 30.7 Å². The van der Waals surface area contributed by atoms with Crippen LogP contribution in [0, 0.1) is 0 Å². The Bertz CT molecular complexity index is 636. The van der Waals surface area contributed by atoms with Gasteiger partial charge in [0.2, 0.25) is 5.91 Å². The number of likely N-dealkylation sites (tertiary alicyclic amines) is 1. The lowest BCUT2D eigenvalue weighted by atomic mass is 10.2. The first-order chi connectivity index (χ1) is 9.54. The smallest absolute Gasteiger partial charge is 0.326 e. The largest absolute Gasteiger partial charge is 0.480 e. The molecular formula is C12H13N3O4S. The van der Waals surface area contributed by atoms with E-state index in [0.717, 1.165) is 4.96 Å². The van der Waals surface area contributed by atoms with Gasteiger partial charge in [-0.1, -0.05) is 0 Å². The highest BCUT2D eigenvalue weighted by Crippen LogP contribution is 2.20. The molecule has 8 heteroatoms. The number of aliphatic carboxylic acids is 1. The number of carboxylic acid groups (broad SMARTS) is 1. The van der Waals surface area contributed by atoms with Crippen molar-refractivity contribution in [3.63, 3.8) is 0 Å². The number of aliphatic hydroxyl groups excluding tert-OH is 1. The van der Waals surface area contributed by atoms with Crippen molar-refractivity contribution < 1.29 is 19.8 Å². The van der Waals surface area contributed by atoms with Gasteiger partial charge >= 0.3 is 5.97 Å². The molecule has 2 aromatic rings. The molecule has 0 radical (unpaired) electrons. The summed E-state index contributed by atoms with van der Waals surface area (Å²) in [6, 6.07) is -0.943. The summed E-state index contributed by atoms with van der Waals surface area (Å²) in [7, 11) is 0. The molecule has 1 amide bonds. The zero-order valence-electron chi connectivity index (χ0n) is 10.5. The maximum atomic E-state index is 12.2. The molecule has 0 aromatic carbocycles. The normalized spacial score (nSPS) is 22.6. The number of imidazole rings is 1. The van der Waals surface area contributed by atoms with Crippen LogP contribution in [0.4, 0.5) is 0 Å². The SMILES string of the molecule is O=C(O)[C@@H]1C[C@H](O)CN1C(=O)Cc1cn2ccsc2n1. The number of rotatable bonds is 3. The number of carboxylic acids is 1. The summed E-state index contributed by atoms with van der Waals surface area (Å²) < 4.78 is 1.82. The molecule has 3 heterocycles. The summed E-state index contributed by atoms with van der Waals surface area (Å²) in [6.45, 7) is 0.0675. The Kier molecular flexibility index (Phi) is 3.19. The monoisotopic (exact) mass is 295 g/mol. The fourth-order valence-corrected chi connectivity index (χ4v) is 3.16. The quantitative estimate of drug-likeness (QED) is 0.830. The number of aliphatic hydroxyl groups is 1. The molecule has 0 unspecified atom stereocenters. The van der Waals surface area contributed by atoms with E-state index in [1.807, 2.05) is 16.0 Å². The van der Waals surface area contributed by atoms with Crippen LogP contribution in [-0.4, -0.2) is 55.1 Å². The van der Waals surface area contributed by atoms with Gasteiger partial charge in [0.15, 0.2) is 4.96 Å². The average Bonchev–Trinajstić information content (AvgIpc) is 3.02. The molecule has 20 heavy (non-hydrogen) atoms. The van der Waals surface area contributed by atoms with Crippen molar-refractivity contribution in [3.05, 3.63) is 23.5 Å². The van der Waals surface area contributed by atoms with Gasteiger partial charge in [-0.15, -0.1) is 11.3 Å². The van der Waals surface area contributed by atoms with Crippen LogP contribution in [-0.2, 0) is 16.0 Å². The van der Waals surface area contributed by atoms with Gasteiger partial charge in [-0.2, -0.15) is 0 Å². The average molecular weight is 295 g/mol. The van der Waals surface area contributed by atoms with E-state index >= 15 is 0 Å². The Morgan fingerprint density at radius 1 is 1.50 bits per heavy atom. The van der Waals surface area contributed by atoms with Gasteiger partial charge in [0.25, 0.3) is 0 Å². The Morgan fingerprint density at radius 3 is 3.00 bits per heavy atom. The Labute approximate surface area is 118 Å². The molecule has 1 aliphatic heterocycles. The van der Waals surface area contributed by atoms with Crippen molar-refractivity contribution in [2.24, 2.45) is 0 Å². The molecule has 0 saturated carbocycles. The summed E-state index contributed by atoms with van der Waals surface area (Å²) in [5.41, 5.74) is 0.604. The van der Waals surface area contributed by atoms with Crippen molar-refractivity contribution in [2.75, 3.05) is 6.54 Å². The van der Waals surface area contributed by atoms with E-state index < -0.39 is 18.1 Å². The van der Waals surface area contributed by atoms with Crippen LogP contribution < -0.4 is 0 Å². The van der Waals surface area contributed by atoms with E-state index in [-0.39, 0.29) is 25.3 Å². The number of aromatic nitrogens is 2. The van der Waals surface area contributed by atoms with Gasteiger partial charge in [-0.05, 0) is 0 Å². The van der Waals surface area contributed by atoms with Gasteiger partial charge in [0.1, 0.15) is 6.04 Å². The van der Waals surface area contributed by atoms with Crippen LogP contribution >= 0.6 is 11.3 Å². The Hall–Kier alpha value is -1.93. The highest BCUT2D eigenvalue weighted by atomic mass is 32.1. The Balaban J connectivity index is 1.75. The lowest BCUT2D eigenvalue weighted by molar-refractivity contribution is -0.148. The third-order valence-corrected chi connectivity index (χ3v) is 4.13. The lowest BCUT2D eigenvalue weighted by Gasteiger charge is -2.20. The second-order valence-electron chi connectivity index (χ2n) is 4.79. The third-order valence-electron chi connectivity index (χ3n) is 3.36. The number of carbonyl (C=O) groups excluding carboxylic acids is 1. The van der Waals surface area contributed by atoms with Gasteiger partial charge in [-0.3, -0.25) is 9.20 Å². The number of thiazole rings is 1. The third kappa shape index (κ3) is 2.27. The first kappa shape index (κ1) is 13.1. The van der Waals surface area contributed by atoms with E-state index in [1.54, 1.807) is 6.20 Å². The second kappa shape index (κ2) is 4.88. The first-order valence-corrected chi connectivity index (χ1v) is 7.04. The van der Waals surface area contributed by atoms with Crippen molar-refractivity contribution >= 4 is 28.2 Å². The molecule has 0 spiro atoms. The minimum Gasteiger partial charge on any atom is -0.480 e. The molecule has 1 aliphatic rings. The lowest BCUT2D eigenvalue weighted by Crippen LogP contribution is -2.41. The van der Waals surface area contributed by atoms with Crippen LogP contribution in [0.2, 0.25) is 0 Å². The fourth-order valence-electron chi connectivity index (χ4n) is 2.44. The number of hydrogen-bond donors (Lipinski definition) is 2. The second-order valence-corrected chi connectivity index (χ2v) is 5.66. The molecule has 0 bridgehead atoms. The number of hydrogen-bond acceptors (Lipinski definition) is 5. The number of carbonyl (C=O) groups is 2. The molecule has 2 atom stereocenters. The van der Waals surface area contributed by atoms with Crippen LogP contribution in [0.1, 0.15) is 12.1 Å². The molecule has 2 N–H and O–H groups in total. The highest BCUT2D eigenvalue weighted by Gasteiger charge is 2.38. The molecule has 2 aromatic heterocycles. The number of nitrogens with zero attached hydrogens (tertiary/aromatic N) is 3. The van der Waals surface area contributed by atoms with Gasteiger partial charge < -0.3 is 15.1 Å².